The summed E-state index contributed by atoms with van der Waals surface area (Å²) in [5, 5.41) is 11.6. The first-order valence-electron chi connectivity index (χ1n) is 22.2. The van der Waals surface area contributed by atoms with E-state index in [0.29, 0.717) is 12.8 Å². The number of hydrogen-bond donors (Lipinski definition) is 0. The van der Waals surface area contributed by atoms with Crippen LogP contribution < -0.4 is 5.11 Å². The second-order valence-corrected chi connectivity index (χ2v) is 15.9. The van der Waals surface area contributed by atoms with E-state index in [0.717, 1.165) is 77.0 Å². The summed E-state index contributed by atoms with van der Waals surface area (Å²) in [5.41, 5.74) is 0. The van der Waals surface area contributed by atoms with Gasteiger partial charge in [-0.15, -0.1) is 0 Å². The highest BCUT2D eigenvalue weighted by Crippen LogP contribution is 2.14. The maximum absolute atomic E-state index is 12.7. The Bertz CT molecular complexity index is 1040. The van der Waals surface area contributed by atoms with Crippen molar-refractivity contribution in [2.24, 2.45) is 0 Å². The minimum Gasteiger partial charge on any atom is -0.544 e. The van der Waals surface area contributed by atoms with Crippen molar-refractivity contribution >= 4 is 17.9 Å². The first kappa shape index (κ1) is 52.3. The van der Waals surface area contributed by atoms with Gasteiger partial charge >= 0.3 is 11.9 Å². The van der Waals surface area contributed by atoms with Gasteiger partial charge < -0.3 is 28.6 Å². The number of rotatable bonds is 39. The molecule has 0 rings (SSSR count). The van der Waals surface area contributed by atoms with Gasteiger partial charge in [0.15, 0.2) is 6.10 Å². The quantitative estimate of drug-likeness (QED) is 0.0265. The molecule has 0 N–H and O–H groups in total. The van der Waals surface area contributed by atoms with Crippen molar-refractivity contribution in [1.82, 2.24) is 0 Å². The van der Waals surface area contributed by atoms with Crippen LogP contribution >= 0.6 is 0 Å². The molecule has 0 aromatic carbocycles. The number of carbonyl (C=O) groups is 3. The van der Waals surface area contributed by atoms with Gasteiger partial charge in [0.2, 0.25) is 0 Å². The number of carboxylic acid groups (broad SMARTS) is 1. The van der Waals surface area contributed by atoms with Gasteiger partial charge in [-0.2, -0.15) is 0 Å². The third kappa shape index (κ3) is 36.7. The summed E-state index contributed by atoms with van der Waals surface area (Å²) in [5.74, 6) is -1.75. The number of carboxylic acids is 1. The minimum atomic E-state index is -1.13. The molecule has 2 atom stereocenters. The van der Waals surface area contributed by atoms with Crippen LogP contribution in [0.5, 0.6) is 0 Å². The molecule has 0 bridgehead atoms. The van der Waals surface area contributed by atoms with Crippen LogP contribution in [0.1, 0.15) is 181 Å². The van der Waals surface area contributed by atoms with Crippen LogP contribution in [0.25, 0.3) is 0 Å². The molecule has 0 saturated heterocycles. The standard InChI is InChI=1S/C47H83NO7/c1-6-8-10-12-14-16-18-20-21-22-23-24-25-26-28-30-32-34-36-38-46(50)55-43(41-53-40-39-44(47(51)52)48(3,4)5)42-54-45(49)37-35-33-31-29-27-19-17-15-13-11-9-7-2/h8,10,14,16,20-21,23-24,43-44H,6-7,9,11-13,15,17-19,22,25-42H2,1-5H3/b10-8-,16-14-,21-20-,24-23-. The fourth-order valence-electron chi connectivity index (χ4n) is 6.30. The van der Waals surface area contributed by atoms with E-state index >= 15 is 0 Å². The Hall–Kier alpha value is -2.71. The summed E-state index contributed by atoms with van der Waals surface area (Å²) in [6.07, 6.45) is 44.1. The third-order valence-corrected chi connectivity index (χ3v) is 9.73. The molecular formula is C47H83NO7. The zero-order valence-electron chi connectivity index (χ0n) is 36.1. The number of allylic oxidation sites excluding steroid dienone is 8. The Morgan fingerprint density at radius 3 is 1.51 bits per heavy atom. The fourth-order valence-corrected chi connectivity index (χ4v) is 6.30. The molecule has 55 heavy (non-hydrogen) atoms. The summed E-state index contributed by atoms with van der Waals surface area (Å²) in [6, 6.07) is -0.728. The van der Waals surface area contributed by atoms with E-state index in [2.05, 4.69) is 62.5 Å². The van der Waals surface area contributed by atoms with Crippen LogP contribution in [-0.2, 0) is 28.6 Å². The molecule has 0 aliphatic carbocycles. The molecule has 318 valence electrons. The molecule has 0 aliphatic heterocycles. The van der Waals surface area contributed by atoms with Gasteiger partial charge in [-0.25, -0.2) is 0 Å². The summed E-state index contributed by atoms with van der Waals surface area (Å²) in [4.78, 5) is 36.8. The molecule has 8 heteroatoms. The van der Waals surface area contributed by atoms with Crippen LogP contribution in [0.3, 0.4) is 0 Å². The van der Waals surface area contributed by atoms with Crippen molar-refractivity contribution in [2.45, 2.75) is 193 Å². The van der Waals surface area contributed by atoms with Crippen LogP contribution in [-0.4, -0.2) is 75.5 Å². The zero-order chi connectivity index (χ0) is 40.7. The van der Waals surface area contributed by atoms with Gasteiger partial charge in [0.05, 0.1) is 40.3 Å². The molecule has 0 heterocycles. The van der Waals surface area contributed by atoms with Crippen molar-refractivity contribution in [3.05, 3.63) is 48.6 Å². The predicted molar refractivity (Wildman–Crippen MR) is 226 cm³/mol. The maximum Gasteiger partial charge on any atom is 0.306 e. The number of hydrogen-bond acceptors (Lipinski definition) is 7. The van der Waals surface area contributed by atoms with E-state index in [-0.39, 0.29) is 42.7 Å². The van der Waals surface area contributed by atoms with Gasteiger partial charge in [-0.05, 0) is 51.4 Å². The second-order valence-electron chi connectivity index (χ2n) is 15.9. The highest BCUT2D eigenvalue weighted by molar-refractivity contribution is 5.70. The smallest absolute Gasteiger partial charge is 0.306 e. The largest absolute Gasteiger partial charge is 0.544 e. The molecule has 0 saturated carbocycles. The monoisotopic (exact) mass is 774 g/mol. The summed E-state index contributed by atoms with van der Waals surface area (Å²) < 4.78 is 17.1. The maximum atomic E-state index is 12.7. The molecule has 0 radical (unpaired) electrons. The summed E-state index contributed by atoms with van der Waals surface area (Å²) >= 11 is 0. The Kier molecular flexibility index (Phi) is 36.3. The zero-order valence-corrected chi connectivity index (χ0v) is 36.1. The number of quaternary nitrogens is 1. The van der Waals surface area contributed by atoms with E-state index in [1.54, 1.807) is 21.1 Å². The Labute approximate surface area is 337 Å². The first-order chi connectivity index (χ1) is 26.6. The lowest BCUT2D eigenvalue weighted by atomic mass is 10.0. The normalized spacial score (nSPS) is 13.4. The number of nitrogens with zero attached hydrogens (tertiary/aromatic N) is 1. The van der Waals surface area contributed by atoms with Crippen LogP contribution in [0.15, 0.2) is 48.6 Å². The fraction of sp³-hybridized carbons (Fsp3) is 0.766. The van der Waals surface area contributed by atoms with Crippen LogP contribution in [0.4, 0.5) is 0 Å². The van der Waals surface area contributed by atoms with Crippen molar-refractivity contribution in [3.8, 4) is 0 Å². The lowest BCUT2D eigenvalue weighted by Crippen LogP contribution is -2.55. The summed E-state index contributed by atoms with van der Waals surface area (Å²) in [6.45, 7) is 4.53. The van der Waals surface area contributed by atoms with Gasteiger partial charge in [-0.1, -0.05) is 159 Å². The van der Waals surface area contributed by atoms with E-state index in [9.17, 15) is 19.5 Å². The predicted octanol–water partition coefficient (Wildman–Crippen LogP) is 10.7. The minimum absolute atomic E-state index is 0.0355. The molecule has 0 amide bonds. The van der Waals surface area contributed by atoms with E-state index in [1.807, 2.05) is 0 Å². The van der Waals surface area contributed by atoms with Crippen molar-refractivity contribution in [2.75, 3.05) is 41.0 Å². The number of aliphatic carboxylic acids is 1. The number of carbonyl (C=O) groups excluding carboxylic acids is 3. The molecule has 0 aromatic rings. The SMILES string of the molecule is CC/C=C\C/C=C\C/C=C\C/C=C\CCCCCCCCC(=O)OC(COCCC(C(=O)[O-])[N+](C)(C)C)COC(=O)CCCCCCCCCCCCCC. The molecular weight excluding hydrogens is 691 g/mol. The average molecular weight is 774 g/mol. The molecule has 2 unspecified atom stereocenters. The van der Waals surface area contributed by atoms with E-state index < -0.39 is 18.1 Å². The number of likely N-dealkylation sites (N-methyl/N-ethyl adjacent to an activating group) is 1. The summed E-state index contributed by atoms with van der Waals surface area (Å²) in [7, 11) is 5.40. The number of esters is 2. The van der Waals surface area contributed by atoms with Gasteiger partial charge in [0.1, 0.15) is 12.6 Å². The van der Waals surface area contributed by atoms with E-state index in [1.165, 1.54) is 70.6 Å². The Morgan fingerprint density at radius 2 is 1.02 bits per heavy atom. The van der Waals surface area contributed by atoms with E-state index in [4.69, 9.17) is 14.2 Å². The lowest BCUT2D eigenvalue weighted by molar-refractivity contribution is -0.889. The topological polar surface area (TPSA) is 102 Å². The third-order valence-electron chi connectivity index (χ3n) is 9.73. The Morgan fingerprint density at radius 1 is 0.564 bits per heavy atom. The van der Waals surface area contributed by atoms with Gasteiger partial charge in [0, 0.05) is 19.3 Å². The number of unbranched alkanes of at least 4 members (excludes halogenated alkanes) is 17. The van der Waals surface area contributed by atoms with Crippen molar-refractivity contribution < 1.29 is 38.2 Å². The Balaban J connectivity index is 4.35. The second kappa shape index (κ2) is 38.2. The van der Waals surface area contributed by atoms with Gasteiger partial charge in [-0.3, -0.25) is 9.59 Å². The van der Waals surface area contributed by atoms with Crippen molar-refractivity contribution in [1.29, 1.82) is 0 Å². The molecule has 0 aromatic heterocycles. The molecule has 8 nitrogen and oxygen atoms in total. The molecule has 0 fully saturated rings. The number of ether oxygens (including phenoxy) is 3. The highest BCUT2D eigenvalue weighted by atomic mass is 16.6. The highest BCUT2D eigenvalue weighted by Gasteiger charge is 2.25. The van der Waals surface area contributed by atoms with Crippen molar-refractivity contribution in [3.63, 3.8) is 0 Å². The van der Waals surface area contributed by atoms with Gasteiger partial charge in [0.25, 0.3) is 0 Å². The van der Waals surface area contributed by atoms with Crippen LogP contribution in [0, 0.1) is 0 Å². The lowest BCUT2D eigenvalue weighted by Gasteiger charge is -2.34. The first-order valence-corrected chi connectivity index (χ1v) is 22.2. The molecule has 0 spiro atoms. The van der Waals surface area contributed by atoms with Crippen LogP contribution in [0.2, 0.25) is 0 Å². The molecule has 0 aliphatic rings. The average Bonchev–Trinajstić information content (AvgIpc) is 3.14.